The lowest BCUT2D eigenvalue weighted by atomic mass is 9.93. The third kappa shape index (κ3) is 5.31. The van der Waals surface area contributed by atoms with E-state index in [1.165, 1.54) is 0 Å². The van der Waals surface area contributed by atoms with Gasteiger partial charge in [-0.05, 0) is 55.9 Å². The molecule has 0 unspecified atom stereocenters. The van der Waals surface area contributed by atoms with E-state index in [1.54, 1.807) is 18.3 Å². The Morgan fingerprint density at radius 3 is 2.48 bits per heavy atom. The summed E-state index contributed by atoms with van der Waals surface area (Å²) in [6.45, 7) is 11.5. The van der Waals surface area contributed by atoms with Crippen molar-refractivity contribution in [2.75, 3.05) is 5.32 Å². The lowest BCUT2D eigenvalue weighted by Gasteiger charge is -2.41. The van der Waals surface area contributed by atoms with Gasteiger partial charge in [-0.2, -0.15) is 4.98 Å². The molecule has 1 aliphatic rings. The molecule has 0 aliphatic heterocycles. The molecule has 0 bridgehead atoms. The van der Waals surface area contributed by atoms with Crippen LogP contribution in [-0.2, 0) is 4.43 Å². The first-order valence-corrected chi connectivity index (χ1v) is 14.9. The van der Waals surface area contributed by atoms with Crippen LogP contribution in [0.5, 0.6) is 0 Å². The van der Waals surface area contributed by atoms with Crippen LogP contribution >= 0.6 is 11.6 Å². The van der Waals surface area contributed by atoms with Crippen LogP contribution in [0.2, 0.25) is 23.2 Å². The number of nitrogens with one attached hydrogen (secondary N) is 2. The maximum Gasteiger partial charge on any atom is 0.257 e. The van der Waals surface area contributed by atoms with E-state index in [0.29, 0.717) is 39.9 Å². The first kappa shape index (κ1) is 23.9. The number of hydrogen-bond acceptors (Lipinski definition) is 5. The number of nitrogens with zero attached hydrogens (tertiary/aromatic N) is 2. The van der Waals surface area contributed by atoms with Gasteiger partial charge in [0.05, 0.1) is 0 Å². The summed E-state index contributed by atoms with van der Waals surface area (Å²) in [4.78, 5) is 24.6. The van der Waals surface area contributed by atoms with Crippen LogP contribution in [-0.4, -0.2) is 35.4 Å². The van der Waals surface area contributed by atoms with Gasteiger partial charge < -0.3 is 14.7 Å². The number of halogens is 1. The van der Waals surface area contributed by atoms with Crippen LogP contribution in [0, 0.1) is 0 Å². The van der Waals surface area contributed by atoms with Crippen molar-refractivity contribution in [2.45, 2.75) is 76.7 Å². The molecule has 1 aliphatic carbocycles. The molecule has 1 saturated carbocycles. The van der Waals surface area contributed by atoms with Gasteiger partial charge in [0.25, 0.3) is 5.56 Å². The summed E-state index contributed by atoms with van der Waals surface area (Å²) in [5, 5.41) is 4.98. The predicted octanol–water partition coefficient (Wildman–Crippen LogP) is 6.38. The molecular weight excluding hydrogens is 452 g/mol. The van der Waals surface area contributed by atoms with Crippen LogP contribution in [0.1, 0.15) is 46.5 Å². The minimum atomic E-state index is -1.74. The fraction of sp³-hybridized carbons (Fsp3) is 0.480. The molecule has 6 nitrogen and oxygen atoms in total. The Morgan fingerprint density at radius 2 is 1.82 bits per heavy atom. The van der Waals surface area contributed by atoms with Gasteiger partial charge in [-0.25, -0.2) is 4.98 Å². The number of aromatic nitrogens is 3. The third-order valence-corrected chi connectivity index (χ3v) is 11.9. The van der Waals surface area contributed by atoms with Crippen molar-refractivity contribution in [1.82, 2.24) is 15.0 Å². The molecule has 176 valence electrons. The first-order chi connectivity index (χ1) is 15.5. The van der Waals surface area contributed by atoms with Crippen molar-refractivity contribution in [1.29, 1.82) is 0 Å². The quantitative estimate of drug-likeness (QED) is 0.410. The van der Waals surface area contributed by atoms with Crippen LogP contribution in [0.4, 0.5) is 5.95 Å². The number of H-pyrrole nitrogens is 1. The second kappa shape index (κ2) is 9.20. The van der Waals surface area contributed by atoms with E-state index in [-0.39, 0.29) is 10.6 Å². The summed E-state index contributed by atoms with van der Waals surface area (Å²) in [6.07, 6.45) is 6.19. The largest absolute Gasteiger partial charge is 0.414 e. The lowest BCUT2D eigenvalue weighted by molar-refractivity contribution is 0.133. The fourth-order valence-electron chi connectivity index (χ4n) is 4.04. The molecule has 2 aromatic heterocycles. The highest BCUT2D eigenvalue weighted by Crippen LogP contribution is 2.39. The monoisotopic (exact) mass is 484 g/mol. The highest BCUT2D eigenvalue weighted by atomic mass is 35.5. The van der Waals surface area contributed by atoms with E-state index in [2.05, 4.69) is 54.1 Å². The number of fused-ring (bicyclic) bond motifs is 1. The van der Waals surface area contributed by atoms with Crippen LogP contribution in [0.3, 0.4) is 0 Å². The van der Waals surface area contributed by atoms with Crippen molar-refractivity contribution in [3.8, 4) is 11.1 Å². The normalized spacial score (nSPS) is 19.6. The van der Waals surface area contributed by atoms with E-state index in [0.717, 1.165) is 31.1 Å². The van der Waals surface area contributed by atoms with Crippen LogP contribution < -0.4 is 10.9 Å². The van der Waals surface area contributed by atoms with E-state index >= 15 is 0 Å². The van der Waals surface area contributed by atoms with Crippen molar-refractivity contribution in [3.05, 3.63) is 51.9 Å². The Bertz CT molecular complexity index is 1200. The van der Waals surface area contributed by atoms with E-state index < -0.39 is 8.32 Å². The summed E-state index contributed by atoms with van der Waals surface area (Å²) in [6, 6.07) is 9.41. The smallest absolute Gasteiger partial charge is 0.257 e. The molecule has 3 aromatic rings. The number of rotatable bonds is 5. The predicted molar refractivity (Wildman–Crippen MR) is 139 cm³/mol. The minimum absolute atomic E-state index is 0.219. The van der Waals surface area contributed by atoms with Gasteiger partial charge in [-0.15, -0.1) is 0 Å². The molecule has 2 N–H and O–H groups in total. The van der Waals surface area contributed by atoms with E-state index in [1.807, 2.05) is 18.2 Å². The van der Waals surface area contributed by atoms with Gasteiger partial charge in [0.1, 0.15) is 5.65 Å². The van der Waals surface area contributed by atoms with Gasteiger partial charge in [0, 0.05) is 39.9 Å². The minimum Gasteiger partial charge on any atom is -0.414 e. The maximum atomic E-state index is 12.7. The zero-order chi connectivity index (χ0) is 23.8. The maximum absolute atomic E-state index is 12.7. The van der Waals surface area contributed by atoms with E-state index in [9.17, 15) is 4.79 Å². The Morgan fingerprint density at radius 1 is 1.12 bits per heavy atom. The van der Waals surface area contributed by atoms with Crippen LogP contribution in [0.25, 0.3) is 22.2 Å². The van der Waals surface area contributed by atoms with Crippen molar-refractivity contribution in [2.24, 2.45) is 0 Å². The number of benzene rings is 1. The molecule has 33 heavy (non-hydrogen) atoms. The Labute approximate surface area is 201 Å². The summed E-state index contributed by atoms with van der Waals surface area (Å²) < 4.78 is 6.60. The number of aromatic amines is 1. The summed E-state index contributed by atoms with van der Waals surface area (Å²) >= 11 is 6.28. The molecule has 4 rings (SSSR count). The lowest BCUT2D eigenvalue weighted by Crippen LogP contribution is -2.45. The molecule has 0 amide bonds. The third-order valence-electron chi connectivity index (χ3n) is 7.03. The molecule has 0 atom stereocenters. The first-order valence-electron chi connectivity index (χ1n) is 11.6. The van der Waals surface area contributed by atoms with Gasteiger partial charge >= 0.3 is 0 Å². The molecule has 1 fully saturated rings. The standard InChI is InChI=1S/C25H33ClN4O2Si/c1-25(2,3)33(4,5)32-18-12-10-17(11-13-18)28-24-27-15-16-14-20(23(31)29-22(16)30-24)19-8-6-7-9-21(19)26/h6-9,14-15,17-18H,10-13H2,1-5H3,(H2,27,28,29,30,31). The molecule has 0 saturated heterocycles. The van der Waals surface area contributed by atoms with Gasteiger partial charge in [-0.3, -0.25) is 4.79 Å². The van der Waals surface area contributed by atoms with Crippen molar-refractivity contribution >= 4 is 36.9 Å². The Balaban J connectivity index is 1.44. The molecular formula is C25H33ClN4O2Si. The van der Waals surface area contributed by atoms with Gasteiger partial charge in [0.15, 0.2) is 8.32 Å². The highest BCUT2D eigenvalue weighted by Gasteiger charge is 2.39. The topological polar surface area (TPSA) is 79.9 Å². The average Bonchev–Trinajstić information content (AvgIpc) is 2.74. The van der Waals surface area contributed by atoms with Gasteiger partial charge in [0.2, 0.25) is 5.95 Å². The fourth-order valence-corrected chi connectivity index (χ4v) is 5.70. The summed E-state index contributed by atoms with van der Waals surface area (Å²) in [5.41, 5.74) is 1.51. The molecule has 0 radical (unpaired) electrons. The SMILES string of the molecule is CC(C)(C)[Si](C)(C)OC1CCC(Nc2ncc3cc(-c4ccccc4Cl)c(=O)[nH]c3n2)CC1. The zero-order valence-electron chi connectivity index (χ0n) is 20.0. The van der Waals surface area contributed by atoms with Crippen molar-refractivity contribution in [3.63, 3.8) is 0 Å². The molecule has 2 heterocycles. The highest BCUT2D eigenvalue weighted by molar-refractivity contribution is 6.74. The van der Waals surface area contributed by atoms with E-state index in [4.69, 9.17) is 16.0 Å². The Kier molecular flexibility index (Phi) is 6.67. The second-order valence-electron chi connectivity index (χ2n) is 10.5. The second-order valence-corrected chi connectivity index (χ2v) is 15.6. The Hall–Kier alpha value is -2.22. The van der Waals surface area contributed by atoms with Crippen molar-refractivity contribution < 1.29 is 4.43 Å². The molecule has 1 aromatic carbocycles. The van der Waals surface area contributed by atoms with Crippen LogP contribution in [0.15, 0.2) is 41.3 Å². The molecule has 0 spiro atoms. The number of hydrogen-bond donors (Lipinski definition) is 2. The summed E-state index contributed by atoms with van der Waals surface area (Å²) in [7, 11) is -1.74. The summed E-state index contributed by atoms with van der Waals surface area (Å²) in [5.74, 6) is 0.539. The zero-order valence-corrected chi connectivity index (χ0v) is 21.8. The number of pyridine rings is 1. The average molecular weight is 485 g/mol. The number of anilines is 1. The molecule has 8 heteroatoms. The van der Waals surface area contributed by atoms with Gasteiger partial charge in [-0.1, -0.05) is 50.6 Å².